The third-order valence-corrected chi connectivity index (χ3v) is 5.42. The molecular formula is C24H25F3N2O3. The molecule has 0 N–H and O–H groups in total. The Bertz CT molecular complexity index is 1150. The zero-order valence-corrected chi connectivity index (χ0v) is 18.2. The van der Waals surface area contributed by atoms with Crippen molar-refractivity contribution >= 4 is 27.8 Å². The number of alkyl halides is 3. The Morgan fingerprint density at radius 3 is 2.56 bits per heavy atom. The number of carbonyl (C=O) groups excluding carboxylic acids is 1. The number of halogens is 3. The molecule has 1 aliphatic rings. The van der Waals surface area contributed by atoms with Crippen LogP contribution in [0, 0.1) is 0 Å². The number of nitrogens with zero attached hydrogens (tertiary/aromatic N) is 2. The van der Waals surface area contributed by atoms with E-state index in [2.05, 4.69) is 4.74 Å². The van der Waals surface area contributed by atoms with Gasteiger partial charge in [-0.25, -0.2) is 4.79 Å². The fourth-order valence-corrected chi connectivity index (χ4v) is 4.19. The number of rotatable bonds is 3. The van der Waals surface area contributed by atoms with E-state index in [0.717, 1.165) is 29.1 Å². The normalized spacial score (nSPS) is 17.2. The lowest BCUT2D eigenvalue weighted by Gasteiger charge is -2.28. The molecule has 0 bridgehead atoms. The zero-order chi connectivity index (χ0) is 23.1. The van der Waals surface area contributed by atoms with E-state index in [9.17, 15) is 18.0 Å². The third kappa shape index (κ3) is 4.89. The molecule has 3 aromatic rings. The predicted molar refractivity (Wildman–Crippen MR) is 116 cm³/mol. The fourth-order valence-electron chi connectivity index (χ4n) is 4.19. The van der Waals surface area contributed by atoms with Gasteiger partial charge in [-0.1, -0.05) is 18.2 Å². The first-order valence-electron chi connectivity index (χ1n) is 10.6. The molecule has 32 heavy (non-hydrogen) atoms. The monoisotopic (exact) mass is 446 g/mol. The van der Waals surface area contributed by atoms with Gasteiger partial charge in [-0.15, -0.1) is 13.2 Å². The highest BCUT2D eigenvalue weighted by Gasteiger charge is 2.34. The standard InChI is InChI=1S/C24H25F3N2O3/c1-23(2,3)32-22(30)29-12-6-7-15(29)13-21-19-14-16(31-24(25,26)27)10-11-17(19)18-8-4-5-9-20(18)28-21/h4-5,8-11,14-15H,6-7,12-13H2,1-3H3. The van der Waals surface area contributed by atoms with Gasteiger partial charge in [0.2, 0.25) is 0 Å². The van der Waals surface area contributed by atoms with E-state index in [4.69, 9.17) is 9.72 Å². The second kappa shape index (κ2) is 8.15. The summed E-state index contributed by atoms with van der Waals surface area (Å²) in [6.07, 6.45) is -3.15. The Kier molecular flexibility index (Phi) is 5.65. The van der Waals surface area contributed by atoms with Crippen LogP contribution in [-0.4, -0.2) is 40.5 Å². The Morgan fingerprint density at radius 2 is 1.84 bits per heavy atom. The first-order chi connectivity index (χ1) is 15.0. The Hall–Kier alpha value is -3.03. The highest BCUT2D eigenvalue weighted by atomic mass is 19.4. The van der Waals surface area contributed by atoms with E-state index < -0.39 is 12.0 Å². The molecule has 1 amide bonds. The molecule has 1 aliphatic heterocycles. The van der Waals surface area contributed by atoms with Gasteiger partial charge in [-0.05, 0) is 63.3 Å². The summed E-state index contributed by atoms with van der Waals surface area (Å²) in [5.74, 6) is -0.293. The van der Waals surface area contributed by atoms with Crippen molar-refractivity contribution in [3.8, 4) is 5.75 Å². The molecule has 1 atom stereocenters. The minimum Gasteiger partial charge on any atom is -0.444 e. The van der Waals surface area contributed by atoms with Gasteiger partial charge in [0.05, 0.1) is 11.2 Å². The van der Waals surface area contributed by atoms with E-state index in [-0.39, 0.29) is 17.9 Å². The molecule has 0 aliphatic carbocycles. The Labute approximate surface area is 184 Å². The van der Waals surface area contributed by atoms with Crippen LogP contribution >= 0.6 is 0 Å². The van der Waals surface area contributed by atoms with Gasteiger partial charge in [0, 0.05) is 29.8 Å². The number of para-hydroxylation sites is 1. The molecule has 0 radical (unpaired) electrons. The molecule has 0 spiro atoms. The zero-order valence-electron chi connectivity index (χ0n) is 18.2. The predicted octanol–water partition coefficient (Wildman–Crippen LogP) is 6.23. The maximum absolute atomic E-state index is 12.8. The summed E-state index contributed by atoms with van der Waals surface area (Å²) in [6.45, 7) is 6.02. The lowest BCUT2D eigenvalue weighted by atomic mass is 9.99. The van der Waals surface area contributed by atoms with Crippen LogP contribution in [0.15, 0.2) is 42.5 Å². The fraction of sp³-hybridized carbons (Fsp3) is 0.417. The number of fused-ring (bicyclic) bond motifs is 3. The highest BCUT2D eigenvalue weighted by molar-refractivity contribution is 6.07. The van der Waals surface area contributed by atoms with Gasteiger partial charge in [0.25, 0.3) is 0 Å². The summed E-state index contributed by atoms with van der Waals surface area (Å²) in [6, 6.07) is 11.7. The van der Waals surface area contributed by atoms with E-state index in [0.29, 0.717) is 24.0 Å². The van der Waals surface area contributed by atoms with Gasteiger partial charge in [-0.2, -0.15) is 0 Å². The molecule has 8 heteroatoms. The molecule has 1 fully saturated rings. The number of pyridine rings is 1. The van der Waals surface area contributed by atoms with Crippen molar-refractivity contribution in [2.45, 2.75) is 58.0 Å². The van der Waals surface area contributed by atoms with Crippen molar-refractivity contribution in [2.24, 2.45) is 0 Å². The molecule has 1 aromatic heterocycles. The van der Waals surface area contributed by atoms with Crippen LogP contribution in [0.1, 0.15) is 39.3 Å². The van der Waals surface area contributed by atoms with E-state index in [1.807, 2.05) is 45.0 Å². The number of aromatic nitrogens is 1. The lowest BCUT2D eigenvalue weighted by Crippen LogP contribution is -2.40. The molecule has 0 saturated carbocycles. The molecule has 2 aromatic carbocycles. The molecule has 170 valence electrons. The first-order valence-corrected chi connectivity index (χ1v) is 10.6. The van der Waals surface area contributed by atoms with Crippen molar-refractivity contribution in [3.63, 3.8) is 0 Å². The number of likely N-dealkylation sites (tertiary alicyclic amines) is 1. The van der Waals surface area contributed by atoms with Crippen molar-refractivity contribution in [1.29, 1.82) is 0 Å². The van der Waals surface area contributed by atoms with Gasteiger partial charge in [0.1, 0.15) is 11.4 Å². The largest absolute Gasteiger partial charge is 0.573 e. The third-order valence-electron chi connectivity index (χ3n) is 5.42. The molecule has 5 nitrogen and oxygen atoms in total. The molecule has 4 rings (SSSR count). The summed E-state index contributed by atoms with van der Waals surface area (Å²) in [4.78, 5) is 19.1. The molecule has 1 saturated heterocycles. The maximum Gasteiger partial charge on any atom is 0.573 e. The quantitative estimate of drug-likeness (QED) is 0.448. The van der Waals surface area contributed by atoms with E-state index >= 15 is 0 Å². The van der Waals surface area contributed by atoms with Crippen LogP contribution < -0.4 is 4.74 Å². The number of hydrogen-bond acceptors (Lipinski definition) is 4. The van der Waals surface area contributed by atoms with Crippen LogP contribution in [0.5, 0.6) is 5.75 Å². The van der Waals surface area contributed by atoms with E-state index in [1.54, 1.807) is 11.0 Å². The van der Waals surface area contributed by atoms with Crippen LogP contribution in [-0.2, 0) is 11.2 Å². The summed E-state index contributed by atoms with van der Waals surface area (Å²) in [5.41, 5.74) is 0.773. The number of carbonyl (C=O) groups is 1. The number of benzene rings is 2. The summed E-state index contributed by atoms with van der Waals surface area (Å²) >= 11 is 0. The average Bonchev–Trinajstić information content (AvgIpc) is 3.14. The Balaban J connectivity index is 1.74. The smallest absolute Gasteiger partial charge is 0.444 e. The minimum atomic E-state index is -4.78. The van der Waals surface area contributed by atoms with Crippen LogP contribution in [0.2, 0.25) is 0 Å². The molecule has 1 unspecified atom stereocenters. The van der Waals surface area contributed by atoms with Crippen LogP contribution in [0.3, 0.4) is 0 Å². The van der Waals surface area contributed by atoms with Gasteiger partial charge in [0.15, 0.2) is 0 Å². The Morgan fingerprint density at radius 1 is 1.09 bits per heavy atom. The molecular weight excluding hydrogens is 421 g/mol. The van der Waals surface area contributed by atoms with Gasteiger partial charge >= 0.3 is 12.5 Å². The second-order valence-corrected chi connectivity index (χ2v) is 9.00. The summed E-state index contributed by atoms with van der Waals surface area (Å²) in [5, 5.41) is 2.23. The first kappa shape index (κ1) is 22.2. The maximum atomic E-state index is 12.8. The van der Waals surface area contributed by atoms with Crippen molar-refractivity contribution in [1.82, 2.24) is 9.88 Å². The lowest BCUT2D eigenvalue weighted by molar-refractivity contribution is -0.274. The van der Waals surface area contributed by atoms with Crippen LogP contribution in [0.4, 0.5) is 18.0 Å². The topological polar surface area (TPSA) is 51.7 Å². The van der Waals surface area contributed by atoms with Crippen molar-refractivity contribution in [2.75, 3.05) is 6.54 Å². The van der Waals surface area contributed by atoms with Crippen molar-refractivity contribution < 1.29 is 27.4 Å². The van der Waals surface area contributed by atoms with Crippen LogP contribution in [0.25, 0.3) is 21.7 Å². The minimum absolute atomic E-state index is 0.145. The average molecular weight is 446 g/mol. The number of hydrogen-bond donors (Lipinski definition) is 0. The van der Waals surface area contributed by atoms with E-state index in [1.165, 1.54) is 12.1 Å². The van der Waals surface area contributed by atoms with Gasteiger partial charge < -0.3 is 14.4 Å². The summed E-state index contributed by atoms with van der Waals surface area (Å²) < 4.78 is 48.1. The SMILES string of the molecule is CC(C)(C)OC(=O)N1CCCC1Cc1nc2ccccc2c2ccc(OC(F)(F)F)cc12. The second-order valence-electron chi connectivity index (χ2n) is 9.00. The summed E-state index contributed by atoms with van der Waals surface area (Å²) in [7, 11) is 0. The highest BCUT2D eigenvalue weighted by Crippen LogP contribution is 2.34. The van der Waals surface area contributed by atoms with Crippen molar-refractivity contribution in [3.05, 3.63) is 48.2 Å². The molecule has 2 heterocycles. The van der Waals surface area contributed by atoms with Gasteiger partial charge in [-0.3, -0.25) is 4.98 Å². The number of amides is 1. The number of ether oxygens (including phenoxy) is 2.